The summed E-state index contributed by atoms with van der Waals surface area (Å²) >= 11 is 0. The Morgan fingerprint density at radius 3 is 2.33 bits per heavy atom. The number of hydrogen-bond acceptors (Lipinski definition) is 3. The van der Waals surface area contributed by atoms with Gasteiger partial charge < -0.3 is 5.32 Å². The molecule has 0 spiro atoms. The second-order valence-electron chi connectivity index (χ2n) is 4.03. The van der Waals surface area contributed by atoms with Crippen LogP contribution >= 0.6 is 0 Å². The number of nitrogens with one attached hydrogen (secondary N) is 2. The van der Waals surface area contributed by atoms with Gasteiger partial charge in [-0.05, 0) is 25.8 Å². The largest absolute Gasteiger partial charge is 0.315 e. The third-order valence-electron chi connectivity index (χ3n) is 1.96. The fourth-order valence-electron chi connectivity index (χ4n) is 1.14. The van der Waals surface area contributed by atoms with Crippen molar-refractivity contribution in [3.8, 4) is 0 Å². The van der Waals surface area contributed by atoms with Crippen LogP contribution in [-0.2, 0) is 10.0 Å². The molecule has 0 radical (unpaired) electrons. The molecular weight excluding hydrogens is 212 g/mol. The van der Waals surface area contributed by atoms with E-state index in [1.165, 1.54) is 0 Å². The van der Waals surface area contributed by atoms with Crippen molar-refractivity contribution in [1.82, 2.24) is 10.0 Å². The first-order valence-electron chi connectivity index (χ1n) is 5.68. The molecule has 0 unspecified atom stereocenters. The second kappa shape index (κ2) is 8.07. The molecule has 0 saturated heterocycles. The number of rotatable bonds is 9. The van der Waals surface area contributed by atoms with Crippen LogP contribution in [0.15, 0.2) is 0 Å². The molecular formula is C10H24N2O2S. The maximum absolute atomic E-state index is 11.4. The zero-order valence-corrected chi connectivity index (χ0v) is 10.9. The Morgan fingerprint density at radius 1 is 1.13 bits per heavy atom. The molecule has 2 N–H and O–H groups in total. The van der Waals surface area contributed by atoms with E-state index in [9.17, 15) is 8.42 Å². The van der Waals surface area contributed by atoms with Crippen LogP contribution < -0.4 is 10.0 Å². The molecule has 0 heterocycles. The Kier molecular flexibility index (Phi) is 8.00. The van der Waals surface area contributed by atoms with Gasteiger partial charge >= 0.3 is 0 Å². The Labute approximate surface area is 93.9 Å². The molecule has 92 valence electrons. The Morgan fingerprint density at radius 2 is 1.80 bits per heavy atom. The first kappa shape index (κ1) is 14.9. The lowest BCUT2D eigenvalue weighted by Crippen LogP contribution is -2.28. The first-order chi connectivity index (χ1) is 6.98. The van der Waals surface area contributed by atoms with Crippen LogP contribution in [0.1, 0.15) is 40.0 Å². The lowest BCUT2D eigenvalue weighted by Gasteiger charge is -2.08. The third kappa shape index (κ3) is 10.2. The minimum absolute atomic E-state index is 0.243. The minimum Gasteiger partial charge on any atom is -0.315 e. The SMILES string of the molecule is CCCNS(=O)(=O)CCCCNC(C)C. The van der Waals surface area contributed by atoms with E-state index < -0.39 is 10.0 Å². The summed E-state index contributed by atoms with van der Waals surface area (Å²) in [4.78, 5) is 0. The van der Waals surface area contributed by atoms with Crippen molar-refractivity contribution in [1.29, 1.82) is 0 Å². The van der Waals surface area contributed by atoms with Crippen LogP contribution in [0, 0.1) is 0 Å². The molecule has 5 heteroatoms. The summed E-state index contributed by atoms with van der Waals surface area (Å²) in [5.74, 6) is 0.243. The lowest BCUT2D eigenvalue weighted by atomic mass is 10.3. The summed E-state index contributed by atoms with van der Waals surface area (Å²) in [7, 11) is -3.02. The topological polar surface area (TPSA) is 58.2 Å². The quantitative estimate of drug-likeness (QED) is 0.589. The average Bonchev–Trinajstić information content (AvgIpc) is 2.14. The van der Waals surface area contributed by atoms with E-state index in [2.05, 4.69) is 23.9 Å². The fraction of sp³-hybridized carbons (Fsp3) is 1.00. The normalized spacial score (nSPS) is 12.3. The molecule has 0 amide bonds. The summed E-state index contributed by atoms with van der Waals surface area (Å²) in [5.41, 5.74) is 0. The van der Waals surface area contributed by atoms with Gasteiger partial charge in [0, 0.05) is 12.6 Å². The van der Waals surface area contributed by atoms with Crippen LogP contribution in [0.4, 0.5) is 0 Å². The van der Waals surface area contributed by atoms with E-state index >= 15 is 0 Å². The van der Waals surface area contributed by atoms with Crippen LogP contribution in [0.3, 0.4) is 0 Å². The highest BCUT2D eigenvalue weighted by Crippen LogP contribution is 1.94. The molecule has 0 aromatic carbocycles. The summed E-state index contributed by atoms with van der Waals surface area (Å²) in [6.45, 7) is 7.56. The second-order valence-corrected chi connectivity index (χ2v) is 5.96. The van der Waals surface area contributed by atoms with Crippen molar-refractivity contribution >= 4 is 10.0 Å². The summed E-state index contributed by atoms with van der Waals surface area (Å²) < 4.78 is 25.3. The van der Waals surface area contributed by atoms with Gasteiger partial charge in [0.15, 0.2) is 0 Å². The van der Waals surface area contributed by atoms with E-state index in [-0.39, 0.29) is 5.75 Å². The van der Waals surface area contributed by atoms with Gasteiger partial charge in [-0.3, -0.25) is 0 Å². The lowest BCUT2D eigenvalue weighted by molar-refractivity contribution is 0.555. The van der Waals surface area contributed by atoms with Crippen molar-refractivity contribution in [2.24, 2.45) is 0 Å². The van der Waals surface area contributed by atoms with E-state index in [4.69, 9.17) is 0 Å². The molecule has 0 bridgehead atoms. The third-order valence-corrected chi connectivity index (χ3v) is 3.43. The highest BCUT2D eigenvalue weighted by Gasteiger charge is 2.07. The monoisotopic (exact) mass is 236 g/mol. The van der Waals surface area contributed by atoms with E-state index in [1.54, 1.807) is 0 Å². The maximum atomic E-state index is 11.4. The molecule has 15 heavy (non-hydrogen) atoms. The van der Waals surface area contributed by atoms with E-state index in [0.29, 0.717) is 12.6 Å². The van der Waals surface area contributed by atoms with Gasteiger partial charge in [0.2, 0.25) is 10.0 Å². The van der Waals surface area contributed by atoms with Gasteiger partial charge in [-0.2, -0.15) is 0 Å². The number of sulfonamides is 1. The van der Waals surface area contributed by atoms with Gasteiger partial charge in [-0.1, -0.05) is 20.8 Å². The molecule has 0 aromatic heterocycles. The van der Waals surface area contributed by atoms with Crippen LogP contribution in [0.25, 0.3) is 0 Å². The molecule has 0 aliphatic rings. The molecule has 0 aliphatic heterocycles. The predicted molar refractivity (Wildman–Crippen MR) is 64.5 cm³/mol. The average molecular weight is 236 g/mol. The van der Waals surface area contributed by atoms with Crippen molar-refractivity contribution < 1.29 is 8.42 Å². The minimum atomic E-state index is -3.02. The maximum Gasteiger partial charge on any atom is 0.211 e. The Balaban J connectivity index is 3.49. The molecule has 0 aromatic rings. The van der Waals surface area contributed by atoms with Crippen LogP contribution in [0.2, 0.25) is 0 Å². The molecule has 4 nitrogen and oxygen atoms in total. The molecule has 0 atom stereocenters. The van der Waals surface area contributed by atoms with Crippen LogP contribution in [-0.4, -0.2) is 33.3 Å². The van der Waals surface area contributed by atoms with Gasteiger partial charge in [0.05, 0.1) is 5.75 Å². The first-order valence-corrected chi connectivity index (χ1v) is 7.34. The molecule has 0 saturated carbocycles. The zero-order valence-electron chi connectivity index (χ0n) is 10.0. The molecule has 0 rings (SSSR count). The summed E-state index contributed by atoms with van der Waals surface area (Å²) in [5, 5.41) is 3.26. The van der Waals surface area contributed by atoms with Gasteiger partial charge in [0.1, 0.15) is 0 Å². The van der Waals surface area contributed by atoms with Crippen molar-refractivity contribution in [2.75, 3.05) is 18.8 Å². The smallest absolute Gasteiger partial charge is 0.211 e. The fourth-order valence-corrected chi connectivity index (χ4v) is 2.38. The Hall–Kier alpha value is -0.130. The van der Waals surface area contributed by atoms with Crippen molar-refractivity contribution in [2.45, 2.75) is 46.1 Å². The zero-order chi connectivity index (χ0) is 11.7. The van der Waals surface area contributed by atoms with E-state index in [1.807, 2.05) is 6.92 Å². The highest BCUT2D eigenvalue weighted by molar-refractivity contribution is 7.89. The number of hydrogen-bond donors (Lipinski definition) is 2. The van der Waals surface area contributed by atoms with Gasteiger partial charge in [-0.25, -0.2) is 13.1 Å². The standard InChI is InChI=1S/C10H24N2O2S/c1-4-7-12-15(13,14)9-6-5-8-11-10(2)3/h10-12H,4-9H2,1-3H3. The van der Waals surface area contributed by atoms with Gasteiger partial charge in [0.25, 0.3) is 0 Å². The summed E-state index contributed by atoms with van der Waals surface area (Å²) in [6.07, 6.45) is 2.47. The summed E-state index contributed by atoms with van der Waals surface area (Å²) in [6, 6.07) is 0.472. The van der Waals surface area contributed by atoms with Crippen molar-refractivity contribution in [3.05, 3.63) is 0 Å². The number of unbranched alkanes of at least 4 members (excludes halogenated alkanes) is 1. The Bertz CT molecular complexity index is 238. The van der Waals surface area contributed by atoms with Crippen LogP contribution in [0.5, 0.6) is 0 Å². The van der Waals surface area contributed by atoms with E-state index in [0.717, 1.165) is 25.8 Å². The predicted octanol–water partition coefficient (Wildman–Crippen LogP) is 1.09. The molecule has 0 fully saturated rings. The molecule has 0 aliphatic carbocycles. The van der Waals surface area contributed by atoms with Crippen molar-refractivity contribution in [3.63, 3.8) is 0 Å². The van der Waals surface area contributed by atoms with Gasteiger partial charge in [-0.15, -0.1) is 0 Å². The highest BCUT2D eigenvalue weighted by atomic mass is 32.2.